The van der Waals surface area contributed by atoms with Crippen LogP contribution >= 0.6 is 11.8 Å². The molecule has 1 aromatic heterocycles. The molecule has 0 fully saturated rings. The van der Waals surface area contributed by atoms with Crippen LogP contribution in [0.5, 0.6) is 0 Å². The average molecular weight is 406 g/mol. The highest BCUT2D eigenvalue weighted by Gasteiger charge is 2.35. The molecule has 0 unspecified atom stereocenters. The summed E-state index contributed by atoms with van der Waals surface area (Å²) in [5, 5.41) is 15.7. The van der Waals surface area contributed by atoms with Crippen molar-refractivity contribution in [1.29, 1.82) is 5.41 Å². The molecule has 4 rings (SSSR count). The Hall–Kier alpha value is -2.93. The molecule has 0 atom stereocenters. The zero-order chi connectivity index (χ0) is 20.9. The van der Waals surface area contributed by atoms with E-state index in [-0.39, 0.29) is 11.4 Å². The van der Waals surface area contributed by atoms with E-state index in [0.717, 1.165) is 34.1 Å². The lowest BCUT2D eigenvalue weighted by molar-refractivity contribution is -0.114. The largest absolute Gasteiger partial charge is 0.318 e. The zero-order valence-corrected chi connectivity index (χ0v) is 18.0. The molecule has 0 saturated carbocycles. The van der Waals surface area contributed by atoms with Crippen molar-refractivity contribution >= 4 is 39.8 Å². The number of rotatable bonds is 3. The van der Waals surface area contributed by atoms with Crippen molar-refractivity contribution in [3.05, 3.63) is 57.9 Å². The number of carbonyl (C=O) groups is 1. The summed E-state index contributed by atoms with van der Waals surface area (Å²) < 4.78 is 2.17. The van der Waals surface area contributed by atoms with Crippen LogP contribution in [0.1, 0.15) is 41.4 Å². The molecule has 7 heteroatoms. The van der Waals surface area contributed by atoms with Crippen molar-refractivity contribution < 1.29 is 4.79 Å². The van der Waals surface area contributed by atoms with Crippen molar-refractivity contribution in [2.75, 3.05) is 0 Å². The van der Waals surface area contributed by atoms with Gasteiger partial charge in [-0.3, -0.25) is 10.2 Å². The standard InChI is InChI=1S/C22H23N5OS/c1-6-19-25-27-20(23)18(21(28)24-22(27)29-19)11-16-10-14(4)26(15(16)5)17-8-7-12(2)13(3)9-17/h7-11,23H,6H2,1-5H3. The Morgan fingerprint density at radius 1 is 1.14 bits per heavy atom. The van der Waals surface area contributed by atoms with Gasteiger partial charge in [0, 0.05) is 17.1 Å². The summed E-state index contributed by atoms with van der Waals surface area (Å²) in [7, 11) is 0. The molecule has 2 aromatic rings. The number of hydrogen-bond donors (Lipinski definition) is 1. The fourth-order valence-electron chi connectivity index (χ4n) is 3.53. The van der Waals surface area contributed by atoms with Crippen LogP contribution in [0.2, 0.25) is 0 Å². The third-order valence-electron chi connectivity index (χ3n) is 5.32. The quantitative estimate of drug-likeness (QED) is 0.750. The minimum absolute atomic E-state index is 0.0759. The number of nitrogens with one attached hydrogen (secondary N) is 1. The molecule has 2 aliphatic heterocycles. The molecule has 6 nitrogen and oxygen atoms in total. The van der Waals surface area contributed by atoms with Gasteiger partial charge in [0.1, 0.15) is 5.04 Å². The molecular weight excluding hydrogens is 382 g/mol. The number of aryl methyl sites for hydroxylation is 3. The first-order valence-corrected chi connectivity index (χ1v) is 10.4. The first kappa shape index (κ1) is 19.4. The van der Waals surface area contributed by atoms with Crippen LogP contribution < -0.4 is 0 Å². The molecule has 1 aromatic carbocycles. The van der Waals surface area contributed by atoms with Gasteiger partial charge in [0.25, 0.3) is 5.91 Å². The first-order valence-electron chi connectivity index (χ1n) is 9.55. The summed E-state index contributed by atoms with van der Waals surface area (Å²) in [6.45, 7) is 10.3. The number of carbonyl (C=O) groups excluding carboxylic acids is 1. The van der Waals surface area contributed by atoms with Gasteiger partial charge in [-0.15, -0.1) is 0 Å². The minimum Gasteiger partial charge on any atom is -0.318 e. The molecule has 0 saturated heterocycles. The monoisotopic (exact) mass is 405 g/mol. The van der Waals surface area contributed by atoms with Gasteiger partial charge < -0.3 is 4.57 Å². The maximum absolute atomic E-state index is 12.6. The van der Waals surface area contributed by atoms with E-state index in [1.807, 2.05) is 26.8 Å². The molecular formula is C22H23N5OS. The Bertz CT molecular complexity index is 1150. The normalized spacial score (nSPS) is 17.7. The molecule has 3 heterocycles. The topological polar surface area (TPSA) is 73.8 Å². The fourth-order valence-corrected chi connectivity index (χ4v) is 4.35. The van der Waals surface area contributed by atoms with E-state index >= 15 is 0 Å². The predicted octanol–water partition coefficient (Wildman–Crippen LogP) is 4.74. The number of thioether (sulfide) groups is 1. The number of aliphatic imine (C=N–C) groups is 1. The zero-order valence-electron chi connectivity index (χ0n) is 17.2. The Morgan fingerprint density at radius 2 is 1.90 bits per heavy atom. The van der Waals surface area contributed by atoms with Crippen molar-refractivity contribution in [2.45, 2.75) is 41.0 Å². The number of nitrogens with zero attached hydrogens (tertiary/aromatic N) is 4. The van der Waals surface area contributed by atoms with E-state index in [4.69, 9.17) is 5.41 Å². The average Bonchev–Trinajstić information content (AvgIpc) is 3.21. The van der Waals surface area contributed by atoms with E-state index in [9.17, 15) is 4.79 Å². The van der Waals surface area contributed by atoms with E-state index in [2.05, 4.69) is 46.7 Å². The second-order valence-electron chi connectivity index (χ2n) is 7.30. The van der Waals surface area contributed by atoms with Crippen molar-refractivity contribution in [3.8, 4) is 5.69 Å². The molecule has 0 radical (unpaired) electrons. The van der Waals surface area contributed by atoms with Crippen LogP contribution in [0, 0.1) is 33.1 Å². The van der Waals surface area contributed by atoms with Gasteiger partial charge in [0.15, 0.2) is 5.84 Å². The molecule has 1 N–H and O–H groups in total. The molecule has 1 amide bonds. The van der Waals surface area contributed by atoms with E-state index in [1.54, 1.807) is 6.08 Å². The third kappa shape index (κ3) is 3.25. The number of hydrazone groups is 1. The summed E-state index contributed by atoms with van der Waals surface area (Å²) >= 11 is 1.35. The molecule has 0 bridgehead atoms. The molecule has 2 aliphatic rings. The summed E-state index contributed by atoms with van der Waals surface area (Å²) in [5.41, 5.74) is 6.82. The summed E-state index contributed by atoms with van der Waals surface area (Å²) in [4.78, 5) is 16.8. The van der Waals surface area contributed by atoms with Gasteiger partial charge in [-0.2, -0.15) is 15.1 Å². The van der Waals surface area contributed by atoms with Gasteiger partial charge in [-0.05, 0) is 86.8 Å². The van der Waals surface area contributed by atoms with Crippen LogP contribution in [0.25, 0.3) is 11.8 Å². The minimum atomic E-state index is -0.391. The van der Waals surface area contributed by atoms with Crippen LogP contribution in [-0.4, -0.2) is 31.5 Å². The Morgan fingerprint density at radius 3 is 2.59 bits per heavy atom. The van der Waals surface area contributed by atoms with Crippen LogP contribution in [0.15, 0.2) is 39.9 Å². The predicted molar refractivity (Wildman–Crippen MR) is 120 cm³/mol. The maximum Gasteiger partial charge on any atom is 0.283 e. The highest BCUT2D eigenvalue weighted by molar-refractivity contribution is 8.26. The lowest BCUT2D eigenvalue weighted by Gasteiger charge is -2.20. The lowest BCUT2D eigenvalue weighted by atomic mass is 10.1. The smallest absolute Gasteiger partial charge is 0.283 e. The molecule has 0 aliphatic carbocycles. The number of hydrogen-bond acceptors (Lipinski definition) is 4. The molecule has 0 spiro atoms. The van der Waals surface area contributed by atoms with Crippen LogP contribution in [-0.2, 0) is 4.79 Å². The fraction of sp³-hybridized carbons (Fsp3) is 0.273. The maximum atomic E-state index is 12.6. The summed E-state index contributed by atoms with van der Waals surface area (Å²) in [5.74, 6) is -0.316. The first-order chi connectivity index (χ1) is 13.8. The SMILES string of the molecule is CCC1=NN2C(=N)C(=Cc3cc(C)n(-c4ccc(C)c(C)c4)c3C)C(=O)N=C2S1. The van der Waals surface area contributed by atoms with Crippen LogP contribution in [0.3, 0.4) is 0 Å². The second kappa shape index (κ2) is 7.15. The molecule has 29 heavy (non-hydrogen) atoms. The Labute approximate surface area is 174 Å². The summed E-state index contributed by atoms with van der Waals surface area (Å²) in [6, 6.07) is 8.43. The number of amides is 1. The highest BCUT2D eigenvalue weighted by atomic mass is 32.2. The van der Waals surface area contributed by atoms with Crippen molar-refractivity contribution in [3.63, 3.8) is 0 Å². The van der Waals surface area contributed by atoms with Gasteiger partial charge in [0.05, 0.1) is 5.57 Å². The van der Waals surface area contributed by atoms with E-state index in [1.165, 1.54) is 27.9 Å². The van der Waals surface area contributed by atoms with Gasteiger partial charge >= 0.3 is 0 Å². The van der Waals surface area contributed by atoms with E-state index < -0.39 is 5.91 Å². The Balaban J connectivity index is 1.76. The number of amidine groups is 2. The summed E-state index contributed by atoms with van der Waals surface area (Å²) in [6.07, 6.45) is 2.51. The van der Waals surface area contributed by atoms with Gasteiger partial charge in [0.2, 0.25) is 5.17 Å². The highest BCUT2D eigenvalue weighted by Crippen LogP contribution is 2.30. The third-order valence-corrected chi connectivity index (χ3v) is 6.37. The van der Waals surface area contributed by atoms with Crippen LogP contribution in [0.4, 0.5) is 0 Å². The Kier molecular flexibility index (Phi) is 4.78. The van der Waals surface area contributed by atoms with Crippen molar-refractivity contribution in [2.24, 2.45) is 10.1 Å². The number of aromatic nitrogens is 1. The van der Waals surface area contributed by atoms with Gasteiger partial charge in [-0.25, -0.2) is 0 Å². The second-order valence-corrected chi connectivity index (χ2v) is 8.34. The lowest BCUT2D eigenvalue weighted by Crippen LogP contribution is -2.35. The number of fused-ring (bicyclic) bond motifs is 1. The van der Waals surface area contributed by atoms with Crippen molar-refractivity contribution in [1.82, 2.24) is 9.58 Å². The van der Waals surface area contributed by atoms with Gasteiger partial charge in [-0.1, -0.05) is 13.0 Å². The number of benzene rings is 1. The van der Waals surface area contributed by atoms with E-state index in [0.29, 0.717) is 5.17 Å². The molecule has 148 valence electrons.